The normalized spacial score (nSPS) is 20.4. The highest BCUT2D eigenvalue weighted by molar-refractivity contribution is 5.79. The number of fused-ring (bicyclic) bond motifs is 1. The Morgan fingerprint density at radius 1 is 1.14 bits per heavy atom. The van der Waals surface area contributed by atoms with Crippen molar-refractivity contribution in [3.05, 3.63) is 39.1 Å². The van der Waals surface area contributed by atoms with E-state index in [9.17, 15) is 27.9 Å². The number of aliphatic hydroxyl groups is 1. The fourth-order valence-corrected chi connectivity index (χ4v) is 5.14. The summed E-state index contributed by atoms with van der Waals surface area (Å²) in [6.45, 7) is 9.24. The smallest absolute Gasteiger partial charge is 0.422 e. The van der Waals surface area contributed by atoms with Crippen LogP contribution < -0.4 is 5.56 Å². The summed E-state index contributed by atoms with van der Waals surface area (Å²) in [6, 6.07) is -0.242. The average molecular weight is 513 g/mol. The van der Waals surface area contributed by atoms with E-state index >= 15 is 0 Å². The first-order chi connectivity index (χ1) is 17.1. The van der Waals surface area contributed by atoms with E-state index in [0.29, 0.717) is 31.1 Å². The Balaban J connectivity index is 0.000000214. The van der Waals surface area contributed by atoms with E-state index in [0.717, 1.165) is 19.5 Å². The summed E-state index contributed by atoms with van der Waals surface area (Å²) in [6.07, 6.45) is 4.86. The number of hydrogen-bond acceptors (Lipinski definition) is 6. The third kappa shape index (κ3) is 6.69. The second-order valence-corrected chi connectivity index (χ2v) is 10.1. The van der Waals surface area contributed by atoms with Crippen molar-refractivity contribution < 1.29 is 23.1 Å². The van der Waals surface area contributed by atoms with E-state index in [1.54, 1.807) is 0 Å². The first-order valence-electron chi connectivity index (χ1n) is 13.1. The number of likely N-dealkylation sites (tertiary alicyclic amines) is 1. The lowest BCUT2D eigenvalue weighted by atomic mass is 9.93. The molecule has 3 aliphatic rings. The number of ketones is 1. The van der Waals surface area contributed by atoms with Gasteiger partial charge >= 0.3 is 6.18 Å². The van der Waals surface area contributed by atoms with E-state index in [2.05, 4.69) is 23.8 Å². The first kappa shape index (κ1) is 28.2. The minimum atomic E-state index is -4.67. The van der Waals surface area contributed by atoms with Gasteiger partial charge in [0.1, 0.15) is 11.3 Å². The lowest BCUT2D eigenvalue weighted by Gasteiger charge is -2.41. The standard InChI is InChI=1S/C13H14F3N3O2.C13H25NO/c1-6(20)7-4-19(5-7)9-3-2-8-10(13(14,15)16)12(21)18-17-11(8)9;1-3-5-6-10-14(9-4-2)13(11-15)12-7-8-12/h7,9H,2-5H2,1H3,(H,18,21);11-12,15H,3-10H2,1-2H3. The van der Waals surface area contributed by atoms with Crippen LogP contribution in [-0.4, -0.2) is 57.1 Å². The Morgan fingerprint density at radius 2 is 1.83 bits per heavy atom. The van der Waals surface area contributed by atoms with Crippen molar-refractivity contribution in [3.63, 3.8) is 0 Å². The van der Waals surface area contributed by atoms with Gasteiger partial charge in [-0.1, -0.05) is 26.7 Å². The van der Waals surface area contributed by atoms with Gasteiger partial charge in [-0.3, -0.25) is 14.5 Å². The summed E-state index contributed by atoms with van der Waals surface area (Å²) in [7, 11) is 0. The number of halogens is 3. The van der Waals surface area contributed by atoms with Crippen molar-refractivity contribution >= 4 is 5.78 Å². The molecule has 4 rings (SSSR count). The number of alkyl halides is 3. The van der Waals surface area contributed by atoms with Crippen LogP contribution in [0.5, 0.6) is 0 Å². The van der Waals surface area contributed by atoms with Crippen LogP contribution in [-0.2, 0) is 17.4 Å². The predicted octanol–water partition coefficient (Wildman–Crippen LogP) is 4.99. The van der Waals surface area contributed by atoms with Crippen LogP contribution >= 0.6 is 0 Å². The third-order valence-corrected chi connectivity index (χ3v) is 7.33. The van der Waals surface area contributed by atoms with E-state index < -0.39 is 17.3 Å². The van der Waals surface area contributed by atoms with Gasteiger partial charge < -0.3 is 10.0 Å². The molecule has 2 heterocycles. The summed E-state index contributed by atoms with van der Waals surface area (Å²) < 4.78 is 39.0. The summed E-state index contributed by atoms with van der Waals surface area (Å²) >= 11 is 0. The van der Waals surface area contributed by atoms with Gasteiger partial charge in [-0.05, 0) is 51.0 Å². The number of H-pyrrole nitrogens is 1. The molecule has 1 aliphatic heterocycles. The molecule has 2 fully saturated rings. The van der Waals surface area contributed by atoms with Gasteiger partial charge in [0, 0.05) is 38.0 Å². The van der Waals surface area contributed by atoms with Crippen molar-refractivity contribution in [2.24, 2.45) is 11.8 Å². The van der Waals surface area contributed by atoms with Crippen LogP contribution in [0.4, 0.5) is 13.2 Å². The minimum Gasteiger partial charge on any atom is -0.514 e. The zero-order chi connectivity index (χ0) is 26.5. The van der Waals surface area contributed by atoms with Crippen molar-refractivity contribution in [3.8, 4) is 0 Å². The molecule has 1 atom stereocenters. The lowest BCUT2D eigenvalue weighted by molar-refractivity contribution is -0.139. The molecule has 0 aromatic carbocycles. The summed E-state index contributed by atoms with van der Waals surface area (Å²) in [5.41, 5.74) is -0.829. The molecule has 10 heteroatoms. The molecule has 1 unspecified atom stereocenters. The average Bonchev–Trinajstić information content (AvgIpc) is 3.53. The number of rotatable bonds is 10. The van der Waals surface area contributed by atoms with E-state index in [4.69, 9.17) is 0 Å². The maximum atomic E-state index is 13.0. The Morgan fingerprint density at radius 3 is 2.36 bits per heavy atom. The quantitative estimate of drug-likeness (QED) is 0.339. The second-order valence-electron chi connectivity index (χ2n) is 10.1. The highest BCUT2D eigenvalue weighted by Gasteiger charge is 2.44. The van der Waals surface area contributed by atoms with Crippen LogP contribution in [0.1, 0.15) is 88.6 Å². The van der Waals surface area contributed by atoms with E-state index in [1.165, 1.54) is 51.0 Å². The number of allylic oxidation sites excluding steroid dienone is 1. The van der Waals surface area contributed by atoms with Crippen molar-refractivity contribution in [1.82, 2.24) is 20.0 Å². The molecular weight excluding hydrogens is 473 g/mol. The molecule has 1 saturated heterocycles. The predicted molar refractivity (Wildman–Crippen MR) is 131 cm³/mol. The largest absolute Gasteiger partial charge is 0.514 e. The number of carbonyl (C=O) groups excluding carboxylic acids is 1. The molecular formula is C26H39F3N4O3. The zero-order valence-corrected chi connectivity index (χ0v) is 21.5. The van der Waals surface area contributed by atoms with Gasteiger partial charge in [-0.25, -0.2) is 5.10 Å². The molecule has 7 nitrogen and oxygen atoms in total. The monoisotopic (exact) mass is 512 g/mol. The number of unbranched alkanes of at least 4 members (excludes halogenated alkanes) is 2. The Labute approximate surface area is 210 Å². The number of aromatic amines is 1. The zero-order valence-electron chi connectivity index (χ0n) is 21.5. The van der Waals surface area contributed by atoms with Gasteiger partial charge in [0.15, 0.2) is 0 Å². The fourth-order valence-electron chi connectivity index (χ4n) is 5.14. The molecule has 202 valence electrons. The molecule has 2 N–H and O–H groups in total. The van der Waals surface area contributed by atoms with E-state index in [-0.39, 0.29) is 29.7 Å². The number of nitrogens with zero attached hydrogens (tertiary/aromatic N) is 3. The molecule has 1 aromatic rings. The van der Waals surface area contributed by atoms with Gasteiger partial charge in [0.25, 0.3) is 5.56 Å². The molecule has 0 bridgehead atoms. The van der Waals surface area contributed by atoms with Crippen molar-refractivity contribution in [1.29, 1.82) is 0 Å². The third-order valence-electron chi connectivity index (χ3n) is 7.33. The highest BCUT2D eigenvalue weighted by atomic mass is 19.4. The van der Waals surface area contributed by atoms with Crippen LogP contribution in [0.2, 0.25) is 0 Å². The Hall–Kier alpha value is -2.36. The maximum Gasteiger partial charge on any atom is 0.422 e. The topological polar surface area (TPSA) is 89.5 Å². The number of Topliss-reactive ketones (excluding diaryl/α,β-unsaturated/α-hetero) is 1. The number of aliphatic hydroxyl groups excluding tert-OH is 1. The second kappa shape index (κ2) is 12.3. The molecule has 0 spiro atoms. The van der Waals surface area contributed by atoms with Crippen LogP contribution in [0.3, 0.4) is 0 Å². The Kier molecular flexibility index (Phi) is 9.60. The van der Waals surface area contributed by atoms with Gasteiger partial charge in [-0.2, -0.15) is 18.3 Å². The van der Waals surface area contributed by atoms with Crippen LogP contribution in [0.15, 0.2) is 16.8 Å². The number of nitrogens with one attached hydrogen (secondary N) is 1. The number of carbonyl (C=O) groups is 1. The summed E-state index contributed by atoms with van der Waals surface area (Å²) in [4.78, 5) is 27.0. The number of hydrogen-bond donors (Lipinski definition) is 2. The lowest BCUT2D eigenvalue weighted by Crippen LogP contribution is -2.51. The fraction of sp³-hybridized carbons (Fsp3) is 0.731. The highest BCUT2D eigenvalue weighted by Crippen LogP contribution is 2.42. The molecule has 0 radical (unpaired) electrons. The molecule has 1 saturated carbocycles. The first-order valence-corrected chi connectivity index (χ1v) is 13.1. The molecule has 2 aliphatic carbocycles. The van der Waals surface area contributed by atoms with Gasteiger partial charge in [-0.15, -0.1) is 0 Å². The summed E-state index contributed by atoms with van der Waals surface area (Å²) in [5.74, 6) is 0.706. The van der Waals surface area contributed by atoms with Crippen molar-refractivity contribution in [2.75, 3.05) is 26.2 Å². The maximum absolute atomic E-state index is 13.0. The minimum absolute atomic E-state index is 0.00234. The van der Waals surface area contributed by atoms with Gasteiger partial charge in [0.05, 0.1) is 23.7 Å². The number of aromatic nitrogens is 2. The van der Waals surface area contributed by atoms with Crippen molar-refractivity contribution in [2.45, 2.75) is 84.4 Å². The van der Waals surface area contributed by atoms with Crippen LogP contribution in [0.25, 0.3) is 0 Å². The van der Waals surface area contributed by atoms with Gasteiger partial charge in [0.2, 0.25) is 0 Å². The SMILES string of the molecule is CC(=O)C1CN(C2CCc3c2n[nH]c(=O)c3C(F)(F)F)C1.CCCCCN(CCC)C(=CO)C1CC1. The Bertz CT molecular complexity index is 982. The molecule has 1 aromatic heterocycles. The summed E-state index contributed by atoms with van der Waals surface area (Å²) in [5, 5.41) is 15.1. The molecule has 0 amide bonds. The molecule has 36 heavy (non-hydrogen) atoms. The van der Waals surface area contributed by atoms with E-state index in [1.807, 2.05) is 10.00 Å². The van der Waals surface area contributed by atoms with Crippen LogP contribution in [0, 0.1) is 11.8 Å².